The fourth-order valence-corrected chi connectivity index (χ4v) is 4.48. The number of carbonyl (C=O) groups is 2. The average molecular weight is 505 g/mol. The largest absolute Gasteiger partial charge is 0.493 e. The summed E-state index contributed by atoms with van der Waals surface area (Å²) in [6.07, 6.45) is 1.04. The minimum absolute atomic E-state index is 0.00329. The third-order valence-corrected chi connectivity index (χ3v) is 6.10. The van der Waals surface area contributed by atoms with Gasteiger partial charge in [0.05, 0.1) is 29.4 Å². The first-order chi connectivity index (χ1) is 16.4. The SMILES string of the molecule is COc1c2n(c3c(NC(=O)OC(C)(C)C)c[nH]c(=O)c13)CC(Cc1ccc(F)c(Cl)c1)N(C)C2=O. The number of pyridine rings is 1. The van der Waals surface area contributed by atoms with Gasteiger partial charge in [-0.1, -0.05) is 17.7 Å². The van der Waals surface area contributed by atoms with Crippen molar-refractivity contribution in [3.8, 4) is 5.75 Å². The van der Waals surface area contributed by atoms with Crippen LogP contribution in [0.1, 0.15) is 36.8 Å². The number of nitrogens with one attached hydrogen (secondary N) is 2. The number of anilines is 1. The minimum Gasteiger partial charge on any atom is -0.493 e. The molecule has 0 radical (unpaired) electrons. The van der Waals surface area contributed by atoms with Crippen molar-refractivity contribution in [3.63, 3.8) is 0 Å². The summed E-state index contributed by atoms with van der Waals surface area (Å²) in [5.74, 6) is -0.761. The van der Waals surface area contributed by atoms with Crippen LogP contribution in [0.25, 0.3) is 10.9 Å². The highest BCUT2D eigenvalue weighted by molar-refractivity contribution is 6.30. The van der Waals surface area contributed by atoms with E-state index in [2.05, 4.69) is 10.3 Å². The van der Waals surface area contributed by atoms with Crippen molar-refractivity contribution in [3.05, 3.63) is 56.8 Å². The molecule has 1 aliphatic heterocycles. The Hall–Kier alpha value is -3.53. The standard InChI is InChI=1S/C24H26ClFN4O5/c1-24(2,3)35-23(33)28-16-10-27-21(31)17-18(16)30-11-13(8-12-6-7-15(26)14(25)9-12)29(4)22(32)19(30)20(17)34-5/h6-7,9-10,13H,8,11H2,1-5H3,(H,27,31)(H,28,33). The summed E-state index contributed by atoms with van der Waals surface area (Å²) in [4.78, 5) is 42.9. The number of fused-ring (bicyclic) bond motifs is 3. The van der Waals surface area contributed by atoms with Gasteiger partial charge in [-0.05, 0) is 44.9 Å². The summed E-state index contributed by atoms with van der Waals surface area (Å²) < 4.78 is 26.2. The molecule has 2 aromatic heterocycles. The maximum atomic E-state index is 13.6. The number of ether oxygens (including phenoxy) is 2. The second-order valence-corrected chi connectivity index (χ2v) is 9.80. The number of benzene rings is 1. The molecule has 2 amide bonds. The minimum atomic E-state index is -0.734. The van der Waals surface area contributed by atoms with Crippen LogP contribution in [0.4, 0.5) is 14.9 Å². The Morgan fingerprint density at radius 1 is 1.31 bits per heavy atom. The average Bonchev–Trinajstić information content (AvgIpc) is 3.10. The van der Waals surface area contributed by atoms with Gasteiger partial charge >= 0.3 is 6.09 Å². The summed E-state index contributed by atoms with van der Waals surface area (Å²) in [6.45, 7) is 5.49. The fourth-order valence-electron chi connectivity index (χ4n) is 4.27. The third-order valence-electron chi connectivity index (χ3n) is 5.81. The number of halogens is 2. The van der Waals surface area contributed by atoms with E-state index in [0.29, 0.717) is 18.5 Å². The molecule has 0 saturated carbocycles. The summed E-state index contributed by atoms with van der Waals surface area (Å²) in [6, 6.07) is 4.08. The number of hydrogen-bond acceptors (Lipinski definition) is 5. The van der Waals surface area contributed by atoms with Crippen LogP contribution in [0.5, 0.6) is 5.75 Å². The molecule has 1 atom stereocenters. The van der Waals surface area contributed by atoms with Gasteiger partial charge < -0.3 is 23.9 Å². The van der Waals surface area contributed by atoms with Crippen molar-refractivity contribution in [2.75, 3.05) is 19.5 Å². The Balaban J connectivity index is 1.82. The Morgan fingerprint density at radius 2 is 2.03 bits per heavy atom. The third kappa shape index (κ3) is 4.58. The van der Waals surface area contributed by atoms with Crippen LogP contribution in [0.3, 0.4) is 0 Å². The Bertz CT molecular complexity index is 1390. The predicted molar refractivity (Wildman–Crippen MR) is 130 cm³/mol. The zero-order valence-electron chi connectivity index (χ0n) is 20.0. The van der Waals surface area contributed by atoms with E-state index in [0.717, 1.165) is 5.56 Å². The molecule has 0 bridgehead atoms. The van der Waals surface area contributed by atoms with E-state index in [4.69, 9.17) is 21.1 Å². The van der Waals surface area contributed by atoms with Gasteiger partial charge in [0.2, 0.25) is 0 Å². The molecule has 35 heavy (non-hydrogen) atoms. The Morgan fingerprint density at radius 3 is 2.66 bits per heavy atom. The molecule has 0 aliphatic carbocycles. The first-order valence-electron chi connectivity index (χ1n) is 10.9. The van der Waals surface area contributed by atoms with Crippen molar-refractivity contribution in [2.24, 2.45) is 0 Å². The first-order valence-corrected chi connectivity index (χ1v) is 11.3. The van der Waals surface area contributed by atoms with Crippen LogP contribution in [0.15, 0.2) is 29.2 Å². The Kier molecular flexibility index (Phi) is 6.27. The van der Waals surface area contributed by atoms with Crippen LogP contribution in [-0.4, -0.2) is 52.3 Å². The topological polar surface area (TPSA) is 106 Å². The maximum absolute atomic E-state index is 13.6. The van der Waals surface area contributed by atoms with Gasteiger partial charge in [-0.25, -0.2) is 9.18 Å². The summed E-state index contributed by atoms with van der Waals surface area (Å²) in [5.41, 5.74) is 0.349. The Labute approximate surface area is 205 Å². The summed E-state index contributed by atoms with van der Waals surface area (Å²) in [5, 5.41) is 2.81. The molecule has 0 spiro atoms. The first kappa shape index (κ1) is 24.6. The van der Waals surface area contributed by atoms with E-state index in [1.165, 1.54) is 25.4 Å². The lowest BCUT2D eigenvalue weighted by Crippen LogP contribution is -2.46. The molecule has 3 aromatic rings. The van der Waals surface area contributed by atoms with Crippen molar-refractivity contribution >= 4 is 40.2 Å². The van der Waals surface area contributed by atoms with Crippen molar-refractivity contribution < 1.29 is 23.5 Å². The number of methoxy groups -OCH3 is 1. The second kappa shape index (κ2) is 8.92. The van der Waals surface area contributed by atoms with E-state index >= 15 is 0 Å². The molecule has 1 aromatic carbocycles. The van der Waals surface area contributed by atoms with Gasteiger partial charge in [-0.15, -0.1) is 0 Å². The van der Waals surface area contributed by atoms with Crippen LogP contribution in [0, 0.1) is 5.82 Å². The molecular formula is C24H26ClFN4O5. The molecular weight excluding hydrogens is 479 g/mol. The molecule has 0 fully saturated rings. The number of H-pyrrole nitrogens is 1. The second-order valence-electron chi connectivity index (χ2n) is 9.40. The van der Waals surface area contributed by atoms with Crippen LogP contribution in [0.2, 0.25) is 5.02 Å². The van der Waals surface area contributed by atoms with E-state index in [1.54, 1.807) is 43.4 Å². The van der Waals surface area contributed by atoms with Crippen molar-refractivity contribution in [2.45, 2.75) is 45.4 Å². The summed E-state index contributed by atoms with van der Waals surface area (Å²) in [7, 11) is 3.03. The zero-order valence-corrected chi connectivity index (χ0v) is 20.7. The maximum Gasteiger partial charge on any atom is 0.412 e. The van der Waals surface area contributed by atoms with Crippen LogP contribution >= 0.6 is 11.6 Å². The van der Waals surface area contributed by atoms with Crippen LogP contribution < -0.4 is 15.6 Å². The van der Waals surface area contributed by atoms with E-state index in [1.807, 2.05) is 0 Å². The van der Waals surface area contributed by atoms with Gasteiger partial charge in [-0.2, -0.15) is 0 Å². The summed E-state index contributed by atoms with van der Waals surface area (Å²) >= 11 is 5.94. The van der Waals surface area contributed by atoms with Gasteiger partial charge in [0.25, 0.3) is 11.5 Å². The lowest BCUT2D eigenvalue weighted by molar-refractivity contribution is 0.0634. The van der Waals surface area contributed by atoms with E-state index < -0.39 is 23.1 Å². The molecule has 1 aliphatic rings. The van der Waals surface area contributed by atoms with E-state index in [-0.39, 0.29) is 39.5 Å². The van der Waals surface area contributed by atoms with Crippen molar-refractivity contribution in [1.82, 2.24) is 14.5 Å². The predicted octanol–water partition coefficient (Wildman–Crippen LogP) is 4.17. The lowest BCUT2D eigenvalue weighted by atomic mass is 10.0. The molecule has 1 unspecified atom stereocenters. The quantitative estimate of drug-likeness (QED) is 0.554. The number of aromatic nitrogens is 2. The lowest BCUT2D eigenvalue weighted by Gasteiger charge is -2.34. The zero-order chi connectivity index (χ0) is 25.7. The number of aromatic amines is 1. The molecule has 9 nitrogen and oxygen atoms in total. The van der Waals surface area contributed by atoms with Gasteiger partial charge in [0, 0.05) is 19.8 Å². The van der Waals surface area contributed by atoms with Crippen LogP contribution in [-0.2, 0) is 17.7 Å². The van der Waals surface area contributed by atoms with Gasteiger partial charge in [0.1, 0.15) is 16.8 Å². The highest BCUT2D eigenvalue weighted by Gasteiger charge is 2.37. The fraction of sp³-hybridized carbons (Fsp3) is 0.375. The van der Waals surface area contributed by atoms with Gasteiger partial charge in [-0.3, -0.25) is 14.9 Å². The molecule has 11 heteroatoms. The number of likely N-dealkylation sites (N-methyl/N-ethyl adjacent to an activating group) is 1. The van der Waals surface area contributed by atoms with Crippen molar-refractivity contribution in [1.29, 1.82) is 0 Å². The highest BCUT2D eigenvalue weighted by atomic mass is 35.5. The monoisotopic (exact) mass is 504 g/mol. The highest BCUT2D eigenvalue weighted by Crippen LogP contribution is 2.38. The number of rotatable bonds is 4. The number of nitrogens with zero attached hydrogens (tertiary/aromatic N) is 2. The normalized spacial score (nSPS) is 15.8. The van der Waals surface area contributed by atoms with E-state index in [9.17, 15) is 18.8 Å². The molecule has 3 heterocycles. The number of carbonyl (C=O) groups excluding carboxylic acids is 2. The number of amides is 2. The molecule has 186 valence electrons. The smallest absolute Gasteiger partial charge is 0.412 e. The number of hydrogen-bond donors (Lipinski definition) is 2. The molecule has 4 rings (SSSR count). The molecule has 0 saturated heterocycles. The molecule has 2 N–H and O–H groups in total. The van der Waals surface area contributed by atoms with Gasteiger partial charge in [0.15, 0.2) is 11.4 Å².